The molecule has 2 N–H and O–H groups in total. The van der Waals surface area contributed by atoms with Crippen LogP contribution in [0.3, 0.4) is 0 Å². The van der Waals surface area contributed by atoms with Gasteiger partial charge < -0.3 is 4.98 Å². The number of aryl methyl sites for hydroxylation is 1. The Balaban J connectivity index is 1.94. The van der Waals surface area contributed by atoms with Crippen molar-refractivity contribution < 1.29 is 9.18 Å². The van der Waals surface area contributed by atoms with Crippen LogP contribution in [0.5, 0.6) is 0 Å². The molecular weight excluding hydrogens is 349 g/mol. The molecule has 0 radical (unpaired) electrons. The van der Waals surface area contributed by atoms with Crippen LogP contribution < -0.4 is 16.6 Å². The van der Waals surface area contributed by atoms with Gasteiger partial charge in [-0.05, 0) is 13.0 Å². The molecule has 1 aromatic carbocycles. The van der Waals surface area contributed by atoms with E-state index in [1.165, 1.54) is 18.2 Å². The van der Waals surface area contributed by atoms with E-state index in [-0.39, 0.29) is 22.8 Å². The van der Waals surface area contributed by atoms with Gasteiger partial charge in [-0.1, -0.05) is 29.5 Å². The third-order valence-corrected chi connectivity index (χ3v) is 4.09. The van der Waals surface area contributed by atoms with Crippen molar-refractivity contribution in [3.05, 3.63) is 73.3 Å². The predicted octanol–water partition coefficient (Wildman–Crippen LogP) is 1.14. The number of nitrogens with one attached hydrogen (secondary N) is 2. The number of halogens is 1. The zero-order chi connectivity index (χ0) is 18.0. The molecule has 0 spiro atoms. The smallest absolute Gasteiger partial charge is 0.313 e. The van der Waals surface area contributed by atoms with E-state index < -0.39 is 23.0 Å². The molecule has 0 atom stereocenters. The molecule has 10 heteroatoms. The van der Waals surface area contributed by atoms with Crippen LogP contribution in [-0.2, 0) is 6.54 Å². The van der Waals surface area contributed by atoms with Gasteiger partial charge in [0.15, 0.2) is 0 Å². The van der Waals surface area contributed by atoms with Crippen LogP contribution in [0.2, 0.25) is 0 Å². The fourth-order valence-electron chi connectivity index (χ4n) is 2.13. The maximum Gasteiger partial charge on any atom is 0.328 e. The van der Waals surface area contributed by atoms with Crippen LogP contribution in [-0.4, -0.2) is 25.7 Å². The third kappa shape index (κ3) is 3.53. The van der Waals surface area contributed by atoms with Crippen molar-refractivity contribution in [1.29, 1.82) is 0 Å². The van der Waals surface area contributed by atoms with E-state index in [2.05, 4.69) is 20.5 Å². The molecule has 2 heterocycles. The molecule has 25 heavy (non-hydrogen) atoms. The zero-order valence-corrected chi connectivity index (χ0v) is 13.8. The number of anilines is 1. The first-order chi connectivity index (χ1) is 12.0. The minimum absolute atomic E-state index is 0.160. The summed E-state index contributed by atoms with van der Waals surface area (Å²) in [6, 6.07) is 5.77. The maximum atomic E-state index is 13.8. The highest BCUT2D eigenvalue weighted by Crippen LogP contribution is 2.14. The zero-order valence-electron chi connectivity index (χ0n) is 12.9. The summed E-state index contributed by atoms with van der Waals surface area (Å²) in [6.45, 7) is 1.43. The Labute approximate surface area is 144 Å². The van der Waals surface area contributed by atoms with Crippen molar-refractivity contribution in [3.63, 3.8) is 0 Å². The Morgan fingerprint density at radius 2 is 2.08 bits per heavy atom. The van der Waals surface area contributed by atoms with Crippen molar-refractivity contribution >= 4 is 22.4 Å². The number of carbonyl (C=O) groups is 1. The Bertz CT molecular complexity index is 1060. The molecule has 0 saturated heterocycles. The van der Waals surface area contributed by atoms with Crippen molar-refractivity contribution in [1.82, 2.24) is 19.7 Å². The van der Waals surface area contributed by atoms with Gasteiger partial charge in [-0.15, -0.1) is 10.2 Å². The highest BCUT2D eigenvalue weighted by atomic mass is 32.1. The Hall–Kier alpha value is -3.14. The standard InChI is InChI=1S/C15H12FN5O3S/c1-8-19-20-14(25-8)18-12(22)10-6-17-15(24)21(13(10)23)7-9-4-2-3-5-11(9)16/h2-6H,7H2,1H3,(H,17,24)(H,18,20,22). The lowest BCUT2D eigenvalue weighted by molar-refractivity contribution is 0.102. The SMILES string of the molecule is Cc1nnc(NC(=O)c2c[nH]c(=O)n(Cc3ccccc3F)c2=O)s1. The predicted molar refractivity (Wildman–Crippen MR) is 89.4 cm³/mol. The van der Waals surface area contributed by atoms with Gasteiger partial charge in [-0.25, -0.2) is 9.18 Å². The first-order valence-electron chi connectivity index (χ1n) is 7.13. The van der Waals surface area contributed by atoms with Crippen molar-refractivity contribution in [2.24, 2.45) is 0 Å². The number of H-pyrrole nitrogens is 1. The second-order valence-corrected chi connectivity index (χ2v) is 6.25. The number of hydrogen-bond donors (Lipinski definition) is 2. The Morgan fingerprint density at radius 1 is 1.32 bits per heavy atom. The normalized spacial score (nSPS) is 10.6. The largest absolute Gasteiger partial charge is 0.328 e. The van der Waals surface area contributed by atoms with Gasteiger partial charge in [0.1, 0.15) is 16.4 Å². The highest BCUT2D eigenvalue weighted by molar-refractivity contribution is 7.15. The number of nitrogens with zero attached hydrogens (tertiary/aromatic N) is 3. The molecule has 1 amide bonds. The lowest BCUT2D eigenvalue weighted by Crippen LogP contribution is -2.39. The summed E-state index contributed by atoms with van der Waals surface area (Å²) in [6.07, 6.45) is 1.02. The summed E-state index contributed by atoms with van der Waals surface area (Å²) in [7, 11) is 0. The molecule has 0 unspecified atom stereocenters. The van der Waals surface area contributed by atoms with Gasteiger partial charge in [0.05, 0.1) is 6.54 Å². The Morgan fingerprint density at radius 3 is 2.76 bits per heavy atom. The fraction of sp³-hybridized carbons (Fsp3) is 0.133. The molecule has 0 aliphatic rings. The molecular formula is C15H12FN5O3S. The van der Waals surface area contributed by atoms with Crippen LogP contribution in [0.4, 0.5) is 9.52 Å². The van der Waals surface area contributed by atoms with Gasteiger partial charge in [0.2, 0.25) is 5.13 Å². The minimum Gasteiger partial charge on any atom is -0.313 e. The van der Waals surface area contributed by atoms with Crippen molar-refractivity contribution in [2.45, 2.75) is 13.5 Å². The van der Waals surface area contributed by atoms with E-state index in [1.54, 1.807) is 13.0 Å². The molecule has 2 aromatic heterocycles. The summed E-state index contributed by atoms with van der Waals surface area (Å²) in [5.74, 6) is -1.28. The number of rotatable bonds is 4. The highest BCUT2D eigenvalue weighted by Gasteiger charge is 2.17. The summed E-state index contributed by atoms with van der Waals surface area (Å²) in [4.78, 5) is 39.0. The van der Waals surface area contributed by atoms with Gasteiger partial charge >= 0.3 is 5.69 Å². The number of amides is 1. The summed E-state index contributed by atoms with van der Waals surface area (Å²) < 4.78 is 14.5. The van der Waals surface area contributed by atoms with Gasteiger partial charge in [-0.3, -0.25) is 19.5 Å². The van der Waals surface area contributed by atoms with Crippen LogP contribution >= 0.6 is 11.3 Å². The van der Waals surface area contributed by atoms with Gasteiger partial charge in [0.25, 0.3) is 11.5 Å². The number of carbonyl (C=O) groups excluding carboxylic acids is 1. The van der Waals surface area contributed by atoms with E-state index in [0.29, 0.717) is 5.01 Å². The molecule has 0 saturated carbocycles. The number of benzene rings is 1. The Kier molecular flexibility index (Phi) is 4.52. The first-order valence-corrected chi connectivity index (χ1v) is 7.95. The second kappa shape index (κ2) is 6.77. The number of aromatic amines is 1. The van der Waals surface area contributed by atoms with Gasteiger partial charge in [0, 0.05) is 11.8 Å². The molecule has 3 rings (SSSR count). The lowest BCUT2D eigenvalue weighted by atomic mass is 10.2. The van der Waals surface area contributed by atoms with Crippen LogP contribution in [0.15, 0.2) is 40.1 Å². The second-order valence-electron chi connectivity index (χ2n) is 5.07. The topological polar surface area (TPSA) is 110 Å². The summed E-state index contributed by atoms with van der Waals surface area (Å²) >= 11 is 1.14. The molecule has 0 aliphatic heterocycles. The van der Waals surface area contributed by atoms with Crippen LogP contribution in [0.1, 0.15) is 20.9 Å². The van der Waals surface area contributed by atoms with Gasteiger partial charge in [-0.2, -0.15) is 0 Å². The molecule has 0 bridgehead atoms. The fourth-order valence-corrected chi connectivity index (χ4v) is 2.71. The maximum absolute atomic E-state index is 13.8. The van der Waals surface area contributed by atoms with E-state index in [9.17, 15) is 18.8 Å². The molecule has 128 valence electrons. The van der Waals surface area contributed by atoms with E-state index in [4.69, 9.17) is 0 Å². The molecule has 3 aromatic rings. The van der Waals surface area contributed by atoms with E-state index in [1.807, 2.05) is 0 Å². The average Bonchev–Trinajstić information content (AvgIpc) is 2.98. The quantitative estimate of drug-likeness (QED) is 0.724. The first kappa shape index (κ1) is 16.7. The third-order valence-electron chi connectivity index (χ3n) is 3.34. The van der Waals surface area contributed by atoms with E-state index >= 15 is 0 Å². The number of hydrogen-bond acceptors (Lipinski definition) is 6. The van der Waals surface area contributed by atoms with Crippen molar-refractivity contribution in [3.8, 4) is 0 Å². The lowest BCUT2D eigenvalue weighted by Gasteiger charge is -2.07. The van der Waals surface area contributed by atoms with Crippen LogP contribution in [0, 0.1) is 12.7 Å². The van der Waals surface area contributed by atoms with E-state index in [0.717, 1.165) is 22.1 Å². The number of aromatic nitrogens is 4. The van der Waals surface area contributed by atoms with Crippen LogP contribution in [0.25, 0.3) is 0 Å². The monoisotopic (exact) mass is 361 g/mol. The average molecular weight is 361 g/mol. The summed E-state index contributed by atoms with van der Waals surface area (Å²) in [5.41, 5.74) is -1.70. The van der Waals surface area contributed by atoms with Crippen molar-refractivity contribution in [2.75, 3.05) is 5.32 Å². The minimum atomic E-state index is -0.828. The molecule has 0 fully saturated rings. The molecule has 8 nitrogen and oxygen atoms in total. The summed E-state index contributed by atoms with van der Waals surface area (Å²) in [5, 5.41) is 10.8. The molecule has 0 aliphatic carbocycles.